The topological polar surface area (TPSA) is 44.4 Å². The first-order valence-corrected chi connectivity index (χ1v) is 7.50. The van der Waals surface area contributed by atoms with Crippen LogP contribution in [0, 0.1) is 0 Å². The van der Waals surface area contributed by atoms with Gasteiger partial charge in [-0.05, 0) is 50.6 Å². The van der Waals surface area contributed by atoms with Crippen LogP contribution in [0.2, 0.25) is 0 Å². The summed E-state index contributed by atoms with van der Waals surface area (Å²) in [6, 6.07) is 8.57. The Kier molecular flexibility index (Phi) is 7.72. The largest absolute Gasteiger partial charge is 0.325 e. The third kappa shape index (κ3) is 5.30. The van der Waals surface area contributed by atoms with Gasteiger partial charge < -0.3 is 10.6 Å². The summed E-state index contributed by atoms with van der Waals surface area (Å²) in [7, 11) is 1.97. The molecule has 0 radical (unpaired) electrons. The molecule has 2 N–H and O–H groups in total. The van der Waals surface area contributed by atoms with Crippen LogP contribution in [0.1, 0.15) is 25.3 Å². The van der Waals surface area contributed by atoms with Gasteiger partial charge in [-0.3, -0.25) is 9.69 Å². The zero-order valence-electron chi connectivity index (χ0n) is 12.9. The van der Waals surface area contributed by atoms with Crippen molar-refractivity contribution in [3.05, 3.63) is 29.8 Å². The van der Waals surface area contributed by atoms with Crippen LogP contribution in [0.4, 0.5) is 5.69 Å². The molecule has 0 aromatic heterocycles. The molecule has 1 aromatic rings. The molecular weight excluding hydrogens is 286 g/mol. The van der Waals surface area contributed by atoms with E-state index in [1.807, 2.05) is 25.2 Å². The number of hydrogen-bond acceptors (Lipinski definition) is 3. The predicted octanol–water partition coefficient (Wildman–Crippen LogP) is 2.29. The lowest BCUT2D eigenvalue weighted by Crippen LogP contribution is -2.41. The van der Waals surface area contributed by atoms with Crippen LogP contribution >= 0.6 is 12.4 Å². The quantitative estimate of drug-likeness (QED) is 0.847. The summed E-state index contributed by atoms with van der Waals surface area (Å²) >= 11 is 0. The summed E-state index contributed by atoms with van der Waals surface area (Å²) < 4.78 is 0. The van der Waals surface area contributed by atoms with Crippen LogP contribution < -0.4 is 10.6 Å². The molecule has 118 valence electrons. The van der Waals surface area contributed by atoms with Crippen LogP contribution in [0.25, 0.3) is 0 Å². The number of anilines is 1. The molecule has 21 heavy (non-hydrogen) atoms. The lowest BCUT2D eigenvalue weighted by Gasteiger charge is -2.23. The summed E-state index contributed by atoms with van der Waals surface area (Å²) in [6.45, 7) is 4.59. The fourth-order valence-corrected chi connectivity index (χ4v) is 2.82. The fraction of sp³-hybridized carbons (Fsp3) is 0.562. The second kappa shape index (κ2) is 9.03. The Morgan fingerprint density at radius 3 is 2.95 bits per heavy atom. The number of carbonyl (C=O) groups is 1. The highest BCUT2D eigenvalue weighted by Gasteiger charge is 2.25. The molecule has 1 unspecified atom stereocenters. The summed E-state index contributed by atoms with van der Waals surface area (Å²) in [5.74, 6) is 0.0845. The van der Waals surface area contributed by atoms with Crippen LogP contribution in [0.15, 0.2) is 24.3 Å². The van der Waals surface area contributed by atoms with Crippen molar-refractivity contribution >= 4 is 24.0 Å². The van der Waals surface area contributed by atoms with Gasteiger partial charge in [-0.25, -0.2) is 0 Å². The van der Waals surface area contributed by atoms with Crippen molar-refractivity contribution in [2.24, 2.45) is 0 Å². The first-order chi connectivity index (χ1) is 9.72. The van der Waals surface area contributed by atoms with Gasteiger partial charge >= 0.3 is 0 Å². The number of carbonyl (C=O) groups excluding carboxylic acids is 1. The van der Waals surface area contributed by atoms with Gasteiger partial charge in [0.05, 0.1) is 6.54 Å². The number of likely N-dealkylation sites (tertiary alicyclic amines) is 1. The zero-order chi connectivity index (χ0) is 14.4. The molecule has 0 bridgehead atoms. The lowest BCUT2D eigenvalue weighted by atomic mass is 10.1. The normalized spacial score (nSPS) is 18.3. The summed E-state index contributed by atoms with van der Waals surface area (Å²) in [6.07, 6.45) is 3.35. The van der Waals surface area contributed by atoms with E-state index in [0.717, 1.165) is 25.2 Å². The number of amides is 1. The maximum Gasteiger partial charge on any atom is 0.238 e. The number of hydrogen-bond donors (Lipinski definition) is 2. The Balaban J connectivity index is 0.00000220. The Hall–Kier alpha value is -1.10. The highest BCUT2D eigenvalue weighted by Crippen LogP contribution is 2.17. The number of benzene rings is 1. The number of nitrogens with zero attached hydrogens (tertiary/aromatic N) is 1. The Bertz CT molecular complexity index is 453. The van der Waals surface area contributed by atoms with Crippen LogP contribution in [0.5, 0.6) is 0 Å². The molecule has 0 saturated carbocycles. The Labute approximate surface area is 133 Å². The molecule has 1 saturated heterocycles. The first-order valence-electron chi connectivity index (χ1n) is 7.50. The molecular formula is C16H26ClN3O. The maximum atomic E-state index is 12.1. The van der Waals surface area contributed by atoms with E-state index >= 15 is 0 Å². The minimum Gasteiger partial charge on any atom is -0.325 e. The molecule has 1 aliphatic rings. The molecule has 0 aliphatic carbocycles. The smallest absolute Gasteiger partial charge is 0.238 e. The molecule has 0 spiro atoms. The van der Waals surface area contributed by atoms with Crippen molar-refractivity contribution in [3.8, 4) is 0 Å². The molecule has 1 aromatic carbocycles. The molecule has 1 aliphatic heterocycles. The van der Waals surface area contributed by atoms with Crippen molar-refractivity contribution in [1.82, 2.24) is 10.2 Å². The van der Waals surface area contributed by atoms with Crippen LogP contribution in [-0.2, 0) is 11.2 Å². The molecule has 1 heterocycles. The number of nitrogens with one attached hydrogen (secondary N) is 2. The van der Waals surface area contributed by atoms with Crippen molar-refractivity contribution < 1.29 is 4.79 Å². The Morgan fingerprint density at radius 2 is 2.24 bits per heavy atom. The zero-order valence-corrected chi connectivity index (χ0v) is 13.7. The van der Waals surface area contributed by atoms with E-state index < -0.39 is 0 Å². The molecule has 4 nitrogen and oxygen atoms in total. The summed E-state index contributed by atoms with van der Waals surface area (Å²) in [5, 5.41) is 6.21. The van der Waals surface area contributed by atoms with Crippen molar-refractivity contribution in [2.45, 2.75) is 32.2 Å². The van der Waals surface area contributed by atoms with Gasteiger partial charge in [0.1, 0.15) is 0 Å². The van der Waals surface area contributed by atoms with Gasteiger partial charge in [0.2, 0.25) is 5.91 Å². The monoisotopic (exact) mass is 311 g/mol. The number of aryl methyl sites for hydroxylation is 1. The van der Waals surface area contributed by atoms with Crippen molar-refractivity contribution in [3.63, 3.8) is 0 Å². The number of likely N-dealkylation sites (N-methyl/N-ethyl adjacent to an activating group) is 1. The molecule has 2 rings (SSSR count). The highest BCUT2D eigenvalue weighted by atomic mass is 35.5. The second-order valence-corrected chi connectivity index (χ2v) is 5.43. The molecule has 1 amide bonds. The second-order valence-electron chi connectivity index (χ2n) is 5.43. The van der Waals surface area contributed by atoms with Gasteiger partial charge in [-0.15, -0.1) is 12.4 Å². The maximum absolute atomic E-state index is 12.1. The van der Waals surface area contributed by atoms with Crippen LogP contribution in [-0.4, -0.2) is 43.5 Å². The van der Waals surface area contributed by atoms with E-state index in [-0.39, 0.29) is 18.3 Å². The van der Waals surface area contributed by atoms with Gasteiger partial charge in [0.15, 0.2) is 0 Å². The minimum atomic E-state index is 0. The number of rotatable bonds is 6. The first kappa shape index (κ1) is 18.0. The van der Waals surface area contributed by atoms with Gasteiger partial charge in [0, 0.05) is 18.3 Å². The van der Waals surface area contributed by atoms with E-state index in [2.05, 4.69) is 28.5 Å². The predicted molar refractivity (Wildman–Crippen MR) is 90.2 cm³/mol. The number of halogens is 1. The molecule has 5 heteroatoms. The van der Waals surface area contributed by atoms with E-state index in [1.165, 1.54) is 18.4 Å². The fourth-order valence-electron chi connectivity index (χ4n) is 2.82. The summed E-state index contributed by atoms with van der Waals surface area (Å²) in [5.41, 5.74) is 2.15. The highest BCUT2D eigenvalue weighted by molar-refractivity contribution is 5.92. The Morgan fingerprint density at radius 1 is 1.43 bits per heavy atom. The SMILES string of the molecule is CCc1cccc(NC(=O)CN2CCCC2CNC)c1.Cl. The van der Waals surface area contributed by atoms with E-state index in [1.54, 1.807) is 0 Å². The van der Waals surface area contributed by atoms with E-state index in [4.69, 9.17) is 0 Å². The molecule has 1 fully saturated rings. The van der Waals surface area contributed by atoms with E-state index in [0.29, 0.717) is 12.6 Å². The average molecular weight is 312 g/mol. The summed E-state index contributed by atoms with van der Waals surface area (Å²) in [4.78, 5) is 14.4. The van der Waals surface area contributed by atoms with Crippen LogP contribution in [0.3, 0.4) is 0 Å². The lowest BCUT2D eigenvalue weighted by molar-refractivity contribution is -0.117. The minimum absolute atomic E-state index is 0. The van der Waals surface area contributed by atoms with Gasteiger partial charge in [0.25, 0.3) is 0 Å². The van der Waals surface area contributed by atoms with Gasteiger partial charge in [-0.1, -0.05) is 19.1 Å². The molecule has 1 atom stereocenters. The van der Waals surface area contributed by atoms with Crippen molar-refractivity contribution in [1.29, 1.82) is 0 Å². The van der Waals surface area contributed by atoms with Crippen molar-refractivity contribution in [2.75, 3.05) is 32.0 Å². The van der Waals surface area contributed by atoms with E-state index in [9.17, 15) is 4.79 Å². The standard InChI is InChI=1S/C16H25N3O.ClH/c1-3-13-6-4-7-14(10-13)18-16(20)12-19-9-5-8-15(19)11-17-2;/h4,6-7,10,15,17H,3,5,8-9,11-12H2,1-2H3,(H,18,20);1H. The third-order valence-electron chi connectivity index (χ3n) is 3.90. The third-order valence-corrected chi connectivity index (χ3v) is 3.90. The average Bonchev–Trinajstić information content (AvgIpc) is 2.86. The van der Waals surface area contributed by atoms with Gasteiger partial charge in [-0.2, -0.15) is 0 Å².